The van der Waals surface area contributed by atoms with Gasteiger partial charge in [0.15, 0.2) is 0 Å². The summed E-state index contributed by atoms with van der Waals surface area (Å²) in [5.41, 5.74) is 2.92. The molecule has 1 aromatic carbocycles. The quantitative estimate of drug-likeness (QED) is 0.742. The van der Waals surface area contributed by atoms with Crippen LogP contribution in [0.25, 0.3) is 5.57 Å². The minimum absolute atomic E-state index is 1.13. The first-order valence-corrected chi connectivity index (χ1v) is 6.37. The summed E-state index contributed by atoms with van der Waals surface area (Å²) in [6, 6.07) is 10.8. The SMILES string of the molecule is CCCCN1CC=C(c2ccccc2)CC1. The number of rotatable bonds is 4. The zero-order chi connectivity index (χ0) is 11.2. The van der Waals surface area contributed by atoms with Crippen LogP contribution >= 0.6 is 0 Å². The van der Waals surface area contributed by atoms with Crippen LogP contribution in [0.4, 0.5) is 0 Å². The molecule has 1 heteroatoms. The van der Waals surface area contributed by atoms with Crippen molar-refractivity contribution in [2.45, 2.75) is 26.2 Å². The number of benzene rings is 1. The third kappa shape index (κ3) is 2.96. The fourth-order valence-electron chi connectivity index (χ4n) is 2.21. The molecule has 0 amide bonds. The van der Waals surface area contributed by atoms with E-state index in [1.54, 1.807) is 0 Å². The Kier molecular flexibility index (Phi) is 4.17. The second-order valence-electron chi connectivity index (χ2n) is 4.50. The maximum absolute atomic E-state index is 2.55. The van der Waals surface area contributed by atoms with Gasteiger partial charge >= 0.3 is 0 Å². The van der Waals surface area contributed by atoms with Gasteiger partial charge in [-0.15, -0.1) is 0 Å². The zero-order valence-corrected chi connectivity index (χ0v) is 10.2. The lowest BCUT2D eigenvalue weighted by molar-refractivity contribution is 0.297. The van der Waals surface area contributed by atoms with E-state index in [-0.39, 0.29) is 0 Å². The van der Waals surface area contributed by atoms with Crippen molar-refractivity contribution in [3.05, 3.63) is 42.0 Å². The first kappa shape index (κ1) is 11.4. The number of unbranched alkanes of at least 4 members (excludes halogenated alkanes) is 1. The molecule has 0 aromatic heterocycles. The topological polar surface area (TPSA) is 3.24 Å². The van der Waals surface area contributed by atoms with Crippen LogP contribution < -0.4 is 0 Å². The van der Waals surface area contributed by atoms with E-state index in [0.717, 1.165) is 6.54 Å². The predicted molar refractivity (Wildman–Crippen MR) is 70.4 cm³/mol. The fourth-order valence-corrected chi connectivity index (χ4v) is 2.21. The molecule has 2 rings (SSSR count). The van der Waals surface area contributed by atoms with E-state index in [0.29, 0.717) is 0 Å². The minimum atomic E-state index is 1.13. The van der Waals surface area contributed by atoms with Gasteiger partial charge in [-0.05, 0) is 30.5 Å². The van der Waals surface area contributed by atoms with E-state index in [9.17, 15) is 0 Å². The highest BCUT2D eigenvalue weighted by molar-refractivity contribution is 5.66. The number of hydrogen-bond donors (Lipinski definition) is 0. The summed E-state index contributed by atoms with van der Waals surface area (Å²) in [7, 11) is 0. The van der Waals surface area contributed by atoms with Crippen LogP contribution in [0.15, 0.2) is 36.4 Å². The minimum Gasteiger partial charge on any atom is -0.299 e. The predicted octanol–water partition coefficient (Wildman–Crippen LogP) is 3.58. The molecule has 1 nitrogen and oxygen atoms in total. The van der Waals surface area contributed by atoms with Crippen molar-refractivity contribution in [2.24, 2.45) is 0 Å². The number of hydrogen-bond acceptors (Lipinski definition) is 1. The highest BCUT2D eigenvalue weighted by atomic mass is 15.1. The maximum atomic E-state index is 2.55. The Morgan fingerprint density at radius 1 is 1.19 bits per heavy atom. The molecule has 0 N–H and O–H groups in total. The van der Waals surface area contributed by atoms with Gasteiger partial charge in [-0.1, -0.05) is 49.8 Å². The standard InChI is InChI=1S/C15H21N/c1-2-3-11-16-12-9-15(10-13-16)14-7-5-4-6-8-14/h4-9H,2-3,10-13H2,1H3. The van der Waals surface area contributed by atoms with Crippen LogP contribution in [-0.4, -0.2) is 24.5 Å². The Hall–Kier alpha value is -1.08. The lowest BCUT2D eigenvalue weighted by Gasteiger charge is -2.26. The highest BCUT2D eigenvalue weighted by Gasteiger charge is 2.11. The molecule has 16 heavy (non-hydrogen) atoms. The van der Waals surface area contributed by atoms with E-state index in [1.165, 1.54) is 43.5 Å². The van der Waals surface area contributed by atoms with Crippen molar-refractivity contribution < 1.29 is 0 Å². The van der Waals surface area contributed by atoms with Crippen LogP contribution in [0, 0.1) is 0 Å². The Bertz CT molecular complexity index is 340. The van der Waals surface area contributed by atoms with Gasteiger partial charge in [0, 0.05) is 13.1 Å². The molecule has 0 atom stereocenters. The van der Waals surface area contributed by atoms with Gasteiger partial charge in [0.2, 0.25) is 0 Å². The summed E-state index contributed by atoms with van der Waals surface area (Å²) in [4.78, 5) is 2.55. The normalized spacial score (nSPS) is 17.2. The first-order valence-electron chi connectivity index (χ1n) is 6.37. The zero-order valence-electron chi connectivity index (χ0n) is 10.2. The van der Waals surface area contributed by atoms with Crippen molar-refractivity contribution in [1.82, 2.24) is 4.90 Å². The van der Waals surface area contributed by atoms with Crippen molar-refractivity contribution in [3.8, 4) is 0 Å². The second kappa shape index (κ2) is 5.86. The van der Waals surface area contributed by atoms with E-state index in [4.69, 9.17) is 0 Å². The van der Waals surface area contributed by atoms with Crippen molar-refractivity contribution >= 4 is 5.57 Å². The summed E-state index contributed by atoms with van der Waals surface area (Å²) in [5.74, 6) is 0. The Morgan fingerprint density at radius 3 is 2.62 bits per heavy atom. The van der Waals surface area contributed by atoms with Gasteiger partial charge in [0.25, 0.3) is 0 Å². The highest BCUT2D eigenvalue weighted by Crippen LogP contribution is 2.21. The molecule has 1 aromatic rings. The van der Waals surface area contributed by atoms with Gasteiger partial charge in [0.05, 0.1) is 0 Å². The van der Waals surface area contributed by atoms with Crippen LogP contribution in [0.3, 0.4) is 0 Å². The molecular weight excluding hydrogens is 194 g/mol. The molecule has 0 saturated heterocycles. The van der Waals surface area contributed by atoms with Gasteiger partial charge in [-0.25, -0.2) is 0 Å². The molecule has 0 bridgehead atoms. The molecule has 0 saturated carbocycles. The lowest BCUT2D eigenvalue weighted by Crippen LogP contribution is -2.29. The molecule has 0 aliphatic carbocycles. The Morgan fingerprint density at radius 2 is 2.00 bits per heavy atom. The Labute approximate surface area is 98.8 Å². The van der Waals surface area contributed by atoms with Gasteiger partial charge in [-0.3, -0.25) is 4.90 Å². The van der Waals surface area contributed by atoms with Crippen molar-refractivity contribution in [3.63, 3.8) is 0 Å². The summed E-state index contributed by atoms with van der Waals surface area (Å²) >= 11 is 0. The molecule has 1 aliphatic heterocycles. The smallest absolute Gasteiger partial charge is 0.0169 e. The summed E-state index contributed by atoms with van der Waals surface area (Å²) in [6.45, 7) is 5.87. The summed E-state index contributed by atoms with van der Waals surface area (Å²) in [6.07, 6.45) is 6.22. The second-order valence-corrected chi connectivity index (χ2v) is 4.50. The number of nitrogens with zero attached hydrogens (tertiary/aromatic N) is 1. The van der Waals surface area contributed by atoms with E-state index < -0.39 is 0 Å². The average molecular weight is 215 g/mol. The Balaban J connectivity index is 1.93. The average Bonchev–Trinajstić information content (AvgIpc) is 2.38. The van der Waals surface area contributed by atoms with Crippen molar-refractivity contribution in [1.29, 1.82) is 0 Å². The molecule has 1 aliphatic rings. The van der Waals surface area contributed by atoms with Crippen LogP contribution in [-0.2, 0) is 0 Å². The van der Waals surface area contributed by atoms with Gasteiger partial charge in [0.1, 0.15) is 0 Å². The van der Waals surface area contributed by atoms with Gasteiger partial charge < -0.3 is 0 Å². The summed E-state index contributed by atoms with van der Waals surface area (Å²) in [5, 5.41) is 0. The lowest BCUT2D eigenvalue weighted by atomic mass is 9.99. The van der Waals surface area contributed by atoms with Crippen LogP contribution in [0.5, 0.6) is 0 Å². The molecule has 86 valence electrons. The van der Waals surface area contributed by atoms with E-state index in [1.807, 2.05) is 0 Å². The molecule has 0 unspecified atom stereocenters. The van der Waals surface area contributed by atoms with E-state index >= 15 is 0 Å². The first-order chi connectivity index (χ1) is 7.90. The monoisotopic (exact) mass is 215 g/mol. The molecule has 0 fully saturated rings. The molecule has 0 spiro atoms. The van der Waals surface area contributed by atoms with Crippen LogP contribution in [0.2, 0.25) is 0 Å². The largest absolute Gasteiger partial charge is 0.299 e. The fraction of sp³-hybridized carbons (Fsp3) is 0.467. The molecule has 0 radical (unpaired) electrons. The van der Waals surface area contributed by atoms with E-state index in [2.05, 4.69) is 48.2 Å². The molecule has 1 heterocycles. The van der Waals surface area contributed by atoms with Crippen LogP contribution in [0.1, 0.15) is 31.7 Å². The summed E-state index contributed by atoms with van der Waals surface area (Å²) < 4.78 is 0. The third-order valence-electron chi connectivity index (χ3n) is 3.27. The van der Waals surface area contributed by atoms with Crippen molar-refractivity contribution in [2.75, 3.05) is 19.6 Å². The maximum Gasteiger partial charge on any atom is 0.0169 e. The third-order valence-corrected chi connectivity index (χ3v) is 3.27. The van der Waals surface area contributed by atoms with Gasteiger partial charge in [-0.2, -0.15) is 0 Å². The molecular formula is C15H21N.